The Morgan fingerprint density at radius 1 is 1.60 bits per heavy atom. The Balaban J connectivity index is 2.52. The number of hydrogen-bond donors (Lipinski definition) is 2. The molecule has 0 radical (unpaired) electrons. The molecule has 0 aromatic carbocycles. The van der Waals surface area contributed by atoms with Gasteiger partial charge in [0, 0.05) is 7.05 Å². The van der Waals surface area contributed by atoms with Crippen molar-refractivity contribution in [2.24, 2.45) is 5.92 Å². The predicted octanol–water partition coefficient (Wildman–Crippen LogP) is 0.442. The van der Waals surface area contributed by atoms with Gasteiger partial charge in [0.1, 0.15) is 6.04 Å². The Morgan fingerprint density at radius 2 is 2.20 bits per heavy atom. The number of carboxylic acid groups (broad SMARTS) is 1. The Labute approximate surface area is 88.1 Å². The van der Waals surface area contributed by atoms with E-state index in [1.807, 2.05) is 0 Å². The van der Waals surface area contributed by atoms with Gasteiger partial charge in [-0.25, -0.2) is 9.86 Å². The molecule has 1 saturated carbocycles. The highest BCUT2D eigenvalue weighted by Gasteiger charge is 2.31. The van der Waals surface area contributed by atoms with Gasteiger partial charge in [0.25, 0.3) is 5.91 Å². The van der Waals surface area contributed by atoms with Crippen LogP contribution in [-0.2, 0) is 9.63 Å². The lowest BCUT2D eigenvalue weighted by atomic mass is 10.1. The maximum Gasteiger partial charge on any atom is 0.405 e. The Bertz CT molecular complexity index is 252. The fourth-order valence-corrected chi connectivity index (χ4v) is 1.37. The van der Waals surface area contributed by atoms with E-state index in [0.29, 0.717) is 12.3 Å². The van der Waals surface area contributed by atoms with E-state index in [4.69, 9.17) is 9.94 Å². The Morgan fingerprint density at radius 3 is 2.60 bits per heavy atom. The molecule has 1 aliphatic rings. The summed E-state index contributed by atoms with van der Waals surface area (Å²) < 4.78 is 0. The minimum absolute atomic E-state index is 0.355. The van der Waals surface area contributed by atoms with Crippen molar-refractivity contribution in [1.29, 1.82) is 0 Å². The summed E-state index contributed by atoms with van der Waals surface area (Å²) in [7, 11) is 2.83. The van der Waals surface area contributed by atoms with Gasteiger partial charge in [-0.05, 0) is 12.3 Å². The molecule has 0 aromatic heterocycles. The summed E-state index contributed by atoms with van der Waals surface area (Å²) in [6.07, 6.45) is 1.51. The molecule has 15 heavy (non-hydrogen) atoms. The Kier molecular flexibility index (Phi) is 3.90. The summed E-state index contributed by atoms with van der Waals surface area (Å²) in [6, 6.07) is -0.694. The molecule has 0 bridgehead atoms. The van der Waals surface area contributed by atoms with Crippen LogP contribution in [0.4, 0.5) is 4.79 Å². The standard InChI is InChI=1S/C9H16N2O4/c1-11(15-2)8(12)7(10-9(13)14)5-6-3-4-6/h6-7,10H,3-5H2,1-2H3,(H,13,14). The second-order valence-electron chi connectivity index (χ2n) is 3.70. The number of carbonyl (C=O) groups excluding carboxylic acids is 1. The molecular formula is C9H16N2O4. The SMILES string of the molecule is CON(C)C(=O)C(CC1CC1)NC(=O)O. The number of likely N-dealkylation sites (N-methyl/N-ethyl adjacent to an activating group) is 1. The van der Waals surface area contributed by atoms with Gasteiger partial charge in [0.15, 0.2) is 0 Å². The van der Waals surface area contributed by atoms with Gasteiger partial charge in [0.05, 0.1) is 7.11 Å². The fourth-order valence-electron chi connectivity index (χ4n) is 1.37. The number of hydroxylamine groups is 2. The van der Waals surface area contributed by atoms with Gasteiger partial charge in [-0.2, -0.15) is 0 Å². The van der Waals surface area contributed by atoms with Crippen molar-refractivity contribution in [3.05, 3.63) is 0 Å². The molecule has 6 heteroatoms. The first kappa shape index (κ1) is 11.8. The number of hydrogen-bond acceptors (Lipinski definition) is 3. The molecule has 1 fully saturated rings. The number of carbonyl (C=O) groups is 2. The minimum atomic E-state index is -1.18. The molecule has 86 valence electrons. The molecule has 0 aliphatic heterocycles. The fraction of sp³-hybridized carbons (Fsp3) is 0.778. The molecular weight excluding hydrogens is 200 g/mol. The summed E-state index contributed by atoms with van der Waals surface area (Å²) in [5, 5.41) is 11.9. The van der Waals surface area contributed by atoms with Crippen molar-refractivity contribution in [2.75, 3.05) is 14.2 Å². The van der Waals surface area contributed by atoms with Crippen LogP contribution >= 0.6 is 0 Å². The number of amides is 2. The summed E-state index contributed by atoms with van der Waals surface area (Å²) in [6.45, 7) is 0. The van der Waals surface area contributed by atoms with Gasteiger partial charge in [-0.15, -0.1) is 0 Å². The molecule has 1 atom stereocenters. The molecule has 1 aliphatic carbocycles. The van der Waals surface area contributed by atoms with Crippen LogP contribution < -0.4 is 5.32 Å². The molecule has 0 spiro atoms. The first-order valence-corrected chi connectivity index (χ1v) is 4.85. The zero-order chi connectivity index (χ0) is 11.4. The lowest BCUT2D eigenvalue weighted by molar-refractivity contribution is -0.171. The van der Waals surface area contributed by atoms with Gasteiger partial charge in [0.2, 0.25) is 0 Å². The van der Waals surface area contributed by atoms with Gasteiger partial charge in [-0.3, -0.25) is 9.63 Å². The predicted molar refractivity (Wildman–Crippen MR) is 52.1 cm³/mol. The van der Waals surface area contributed by atoms with E-state index < -0.39 is 12.1 Å². The third-order valence-corrected chi connectivity index (χ3v) is 2.45. The van der Waals surface area contributed by atoms with E-state index in [1.54, 1.807) is 0 Å². The van der Waals surface area contributed by atoms with Crippen molar-refractivity contribution in [2.45, 2.75) is 25.3 Å². The first-order valence-electron chi connectivity index (χ1n) is 4.85. The van der Waals surface area contributed by atoms with Crippen LogP contribution in [0.5, 0.6) is 0 Å². The zero-order valence-electron chi connectivity index (χ0n) is 8.90. The molecule has 2 N–H and O–H groups in total. The summed E-state index contributed by atoms with van der Waals surface area (Å²) in [5.41, 5.74) is 0. The van der Waals surface area contributed by atoms with E-state index in [2.05, 4.69) is 5.32 Å². The highest BCUT2D eigenvalue weighted by Crippen LogP contribution is 2.33. The van der Waals surface area contributed by atoms with Crippen LogP contribution in [0.25, 0.3) is 0 Å². The number of nitrogens with zero attached hydrogens (tertiary/aromatic N) is 1. The number of nitrogens with one attached hydrogen (secondary N) is 1. The molecule has 0 saturated heterocycles. The van der Waals surface area contributed by atoms with Crippen molar-refractivity contribution in [1.82, 2.24) is 10.4 Å². The molecule has 0 heterocycles. The normalized spacial score (nSPS) is 16.9. The number of rotatable bonds is 5. The maximum atomic E-state index is 11.6. The van der Waals surface area contributed by atoms with Crippen LogP contribution in [0.3, 0.4) is 0 Å². The van der Waals surface area contributed by atoms with E-state index >= 15 is 0 Å². The van der Waals surface area contributed by atoms with Crippen LogP contribution in [0.15, 0.2) is 0 Å². The second-order valence-corrected chi connectivity index (χ2v) is 3.70. The summed E-state index contributed by atoms with van der Waals surface area (Å²) in [5.74, 6) is 0.114. The summed E-state index contributed by atoms with van der Waals surface area (Å²) >= 11 is 0. The van der Waals surface area contributed by atoms with Crippen LogP contribution in [0, 0.1) is 5.92 Å². The van der Waals surface area contributed by atoms with Crippen molar-refractivity contribution in [3.63, 3.8) is 0 Å². The van der Waals surface area contributed by atoms with Gasteiger partial charge in [-0.1, -0.05) is 12.8 Å². The molecule has 1 rings (SSSR count). The van der Waals surface area contributed by atoms with E-state index in [9.17, 15) is 9.59 Å². The first-order chi connectivity index (χ1) is 7.04. The third-order valence-electron chi connectivity index (χ3n) is 2.45. The van der Waals surface area contributed by atoms with Crippen LogP contribution in [-0.4, -0.2) is 42.4 Å². The van der Waals surface area contributed by atoms with E-state index in [-0.39, 0.29) is 5.91 Å². The van der Waals surface area contributed by atoms with Crippen molar-refractivity contribution >= 4 is 12.0 Å². The van der Waals surface area contributed by atoms with Gasteiger partial charge >= 0.3 is 6.09 Å². The quantitative estimate of drug-likeness (QED) is 0.654. The average Bonchev–Trinajstić information content (AvgIpc) is 2.97. The van der Waals surface area contributed by atoms with Gasteiger partial charge < -0.3 is 10.4 Å². The second kappa shape index (κ2) is 4.97. The lowest BCUT2D eigenvalue weighted by Crippen LogP contribution is -2.46. The summed E-state index contributed by atoms with van der Waals surface area (Å²) in [4.78, 5) is 26.9. The Hall–Kier alpha value is -1.30. The smallest absolute Gasteiger partial charge is 0.405 e. The maximum absolute atomic E-state index is 11.6. The topological polar surface area (TPSA) is 78.9 Å². The lowest BCUT2D eigenvalue weighted by Gasteiger charge is -2.21. The van der Waals surface area contributed by atoms with Crippen molar-refractivity contribution < 1.29 is 19.5 Å². The highest BCUT2D eigenvalue weighted by atomic mass is 16.7. The zero-order valence-corrected chi connectivity index (χ0v) is 8.90. The highest BCUT2D eigenvalue weighted by molar-refractivity contribution is 5.84. The molecule has 2 amide bonds. The minimum Gasteiger partial charge on any atom is -0.465 e. The van der Waals surface area contributed by atoms with Crippen LogP contribution in [0.2, 0.25) is 0 Å². The molecule has 1 unspecified atom stereocenters. The molecule has 0 aromatic rings. The van der Waals surface area contributed by atoms with E-state index in [1.165, 1.54) is 14.2 Å². The third kappa shape index (κ3) is 3.75. The largest absolute Gasteiger partial charge is 0.465 e. The van der Waals surface area contributed by atoms with Crippen LogP contribution in [0.1, 0.15) is 19.3 Å². The van der Waals surface area contributed by atoms with Crippen molar-refractivity contribution in [3.8, 4) is 0 Å². The molecule has 6 nitrogen and oxygen atoms in total. The monoisotopic (exact) mass is 216 g/mol. The average molecular weight is 216 g/mol. The van der Waals surface area contributed by atoms with E-state index in [0.717, 1.165) is 17.9 Å².